The number of hydrogen-bond acceptors (Lipinski definition) is 8. The maximum Gasteiger partial charge on any atom is 0.322 e. The van der Waals surface area contributed by atoms with Gasteiger partial charge in [0.25, 0.3) is 5.56 Å². The number of unbranched alkanes of at least 4 members (excludes halogenated alkanes) is 1. The van der Waals surface area contributed by atoms with Crippen LogP contribution in [0.3, 0.4) is 0 Å². The van der Waals surface area contributed by atoms with Crippen molar-refractivity contribution >= 4 is 34.4 Å². The molecule has 268 valence electrons. The Hall–Kier alpha value is -5.95. The van der Waals surface area contributed by atoms with Crippen molar-refractivity contribution in [3.05, 3.63) is 107 Å². The molecule has 13 nitrogen and oxygen atoms in total. The molecule has 0 radical (unpaired) electrons. The third-order valence-corrected chi connectivity index (χ3v) is 9.23. The van der Waals surface area contributed by atoms with Gasteiger partial charge in [-0.15, -0.1) is 0 Å². The maximum atomic E-state index is 14.0. The van der Waals surface area contributed by atoms with Crippen LogP contribution in [0.4, 0.5) is 10.5 Å². The first-order valence-corrected chi connectivity index (χ1v) is 17.5. The Morgan fingerprint density at radius 3 is 2.44 bits per heavy atom. The van der Waals surface area contributed by atoms with Gasteiger partial charge in [-0.25, -0.2) is 9.48 Å². The van der Waals surface area contributed by atoms with E-state index in [9.17, 15) is 19.2 Å². The van der Waals surface area contributed by atoms with Crippen molar-refractivity contribution in [2.45, 2.75) is 65.3 Å². The molecule has 0 saturated carbocycles. The second-order valence-electron chi connectivity index (χ2n) is 13.4. The number of nitrogens with zero attached hydrogens (tertiary/aromatic N) is 5. The van der Waals surface area contributed by atoms with Crippen LogP contribution in [-0.2, 0) is 29.2 Å². The van der Waals surface area contributed by atoms with Crippen molar-refractivity contribution in [2.24, 2.45) is 11.7 Å². The topological polar surface area (TPSA) is 177 Å². The lowest BCUT2D eigenvalue weighted by molar-refractivity contribution is -0.129. The zero-order valence-corrected chi connectivity index (χ0v) is 29.5. The Bertz CT molecular complexity index is 2120. The van der Waals surface area contributed by atoms with Crippen LogP contribution in [0.15, 0.2) is 90.1 Å². The van der Waals surface area contributed by atoms with Gasteiger partial charge >= 0.3 is 6.03 Å². The van der Waals surface area contributed by atoms with E-state index >= 15 is 0 Å². The Morgan fingerprint density at radius 1 is 0.885 bits per heavy atom. The number of anilines is 1. The molecular formula is C39H43N9O4. The SMILES string of the molecule is CC(C)C(N)C(=O)N[C@@H](C)C(=O)NCCCCn1nc(-c2ccc(NC(=O)N3Cc4ccncc4C3)cc2)cc(-c2cccc3ncccc23)c1=O. The summed E-state index contributed by atoms with van der Waals surface area (Å²) in [6.07, 6.45) is 6.39. The van der Waals surface area contributed by atoms with E-state index in [4.69, 9.17) is 10.8 Å². The number of nitrogens with two attached hydrogens (primary N) is 1. The molecule has 0 fully saturated rings. The molecule has 0 saturated heterocycles. The predicted octanol–water partition coefficient (Wildman–Crippen LogP) is 4.45. The average Bonchev–Trinajstić information content (AvgIpc) is 3.60. The third kappa shape index (κ3) is 8.16. The number of hydrogen-bond donors (Lipinski definition) is 4. The highest BCUT2D eigenvalue weighted by Gasteiger charge is 2.24. The number of rotatable bonds is 12. The van der Waals surface area contributed by atoms with E-state index in [2.05, 4.69) is 25.9 Å². The first-order chi connectivity index (χ1) is 25.1. The van der Waals surface area contributed by atoms with Crippen LogP contribution in [0.25, 0.3) is 33.3 Å². The molecule has 3 aromatic heterocycles. The van der Waals surface area contributed by atoms with Crippen molar-refractivity contribution in [3.8, 4) is 22.4 Å². The first-order valence-electron chi connectivity index (χ1n) is 17.5. The monoisotopic (exact) mass is 701 g/mol. The molecule has 4 amide bonds. The van der Waals surface area contributed by atoms with E-state index in [0.29, 0.717) is 56.0 Å². The number of amides is 4. The summed E-state index contributed by atoms with van der Waals surface area (Å²) < 4.78 is 1.47. The summed E-state index contributed by atoms with van der Waals surface area (Å²) in [6, 6.07) is 19.0. The van der Waals surface area contributed by atoms with Crippen LogP contribution < -0.4 is 27.2 Å². The molecular weight excluding hydrogens is 658 g/mol. The number of fused-ring (bicyclic) bond motifs is 2. The summed E-state index contributed by atoms with van der Waals surface area (Å²) >= 11 is 0. The van der Waals surface area contributed by atoms with Gasteiger partial charge in [-0.3, -0.25) is 24.4 Å². The lowest BCUT2D eigenvalue weighted by atomic mass is 10.00. The molecule has 5 N–H and O–H groups in total. The highest BCUT2D eigenvalue weighted by Crippen LogP contribution is 2.29. The van der Waals surface area contributed by atoms with Crippen molar-refractivity contribution in [2.75, 3.05) is 11.9 Å². The quantitative estimate of drug-likeness (QED) is 0.138. The molecule has 1 aliphatic heterocycles. The number of pyridine rings is 2. The van der Waals surface area contributed by atoms with Gasteiger partial charge < -0.3 is 26.6 Å². The number of aromatic nitrogens is 4. The van der Waals surface area contributed by atoms with Gasteiger partial charge in [0.15, 0.2) is 0 Å². The molecule has 1 unspecified atom stereocenters. The first kappa shape index (κ1) is 35.9. The third-order valence-electron chi connectivity index (χ3n) is 9.23. The minimum Gasteiger partial charge on any atom is -0.354 e. The Balaban J connectivity index is 1.16. The fourth-order valence-electron chi connectivity index (χ4n) is 6.08. The van der Waals surface area contributed by atoms with E-state index in [1.807, 2.05) is 74.5 Å². The van der Waals surface area contributed by atoms with Crippen LogP contribution in [0.1, 0.15) is 44.7 Å². The summed E-state index contributed by atoms with van der Waals surface area (Å²) in [4.78, 5) is 62.2. The molecule has 5 aromatic rings. The number of urea groups is 1. The summed E-state index contributed by atoms with van der Waals surface area (Å²) in [5.74, 6) is -0.726. The highest BCUT2D eigenvalue weighted by molar-refractivity contribution is 5.95. The van der Waals surface area contributed by atoms with Gasteiger partial charge in [0.1, 0.15) is 6.04 Å². The van der Waals surface area contributed by atoms with Crippen LogP contribution in [0.2, 0.25) is 0 Å². The molecule has 52 heavy (non-hydrogen) atoms. The molecule has 2 atom stereocenters. The maximum absolute atomic E-state index is 14.0. The molecule has 4 heterocycles. The van der Waals surface area contributed by atoms with Crippen LogP contribution in [0, 0.1) is 5.92 Å². The second kappa shape index (κ2) is 15.9. The van der Waals surface area contributed by atoms with Gasteiger partial charge in [-0.2, -0.15) is 5.10 Å². The molecule has 1 aliphatic rings. The van der Waals surface area contributed by atoms with Crippen molar-refractivity contribution in [1.29, 1.82) is 0 Å². The van der Waals surface area contributed by atoms with Gasteiger partial charge in [-0.1, -0.05) is 44.2 Å². The van der Waals surface area contributed by atoms with Crippen molar-refractivity contribution < 1.29 is 14.4 Å². The minimum absolute atomic E-state index is 0.0481. The van der Waals surface area contributed by atoms with Gasteiger partial charge in [0, 0.05) is 61.4 Å². The Morgan fingerprint density at radius 2 is 1.67 bits per heavy atom. The second-order valence-corrected chi connectivity index (χ2v) is 13.4. The van der Waals surface area contributed by atoms with Gasteiger partial charge in [-0.05, 0) is 78.8 Å². The normalized spacial score (nSPS) is 13.4. The van der Waals surface area contributed by atoms with Gasteiger partial charge in [0.05, 0.1) is 22.8 Å². The molecule has 0 spiro atoms. The fraction of sp³-hybridized carbons (Fsp3) is 0.308. The Kier molecular flexibility index (Phi) is 11.0. The number of carbonyl (C=O) groups excluding carboxylic acids is 3. The summed E-state index contributed by atoms with van der Waals surface area (Å²) in [5.41, 5.74) is 11.8. The molecule has 0 bridgehead atoms. The standard InChI is InChI=1S/C39H43N9O4/c1-24(2)35(40)37(50)44-25(3)36(49)43-16-4-5-19-48-38(51)32(30-8-6-10-33-31(30)9-7-17-42-33)20-34(46-48)26-11-13-29(14-12-26)45-39(52)47-22-27-15-18-41-21-28(27)23-47/h6-15,17-18,20-21,24-25,35H,4-5,16,19,22-23,40H2,1-3H3,(H,43,49)(H,44,50)(H,45,52)/t25-,35?/m0/s1. The highest BCUT2D eigenvalue weighted by atomic mass is 16.2. The summed E-state index contributed by atoms with van der Waals surface area (Å²) in [7, 11) is 0. The molecule has 0 aliphatic carbocycles. The number of carbonyl (C=O) groups is 3. The van der Waals surface area contributed by atoms with Crippen molar-refractivity contribution in [3.63, 3.8) is 0 Å². The lowest BCUT2D eigenvalue weighted by Crippen LogP contribution is -2.51. The lowest BCUT2D eigenvalue weighted by Gasteiger charge is -2.19. The fourth-order valence-corrected chi connectivity index (χ4v) is 6.08. The van der Waals surface area contributed by atoms with Crippen LogP contribution in [-0.4, -0.2) is 61.1 Å². The van der Waals surface area contributed by atoms with Gasteiger partial charge in [0.2, 0.25) is 11.8 Å². The summed E-state index contributed by atoms with van der Waals surface area (Å²) in [6.45, 7) is 7.01. The van der Waals surface area contributed by atoms with Crippen molar-refractivity contribution in [1.82, 2.24) is 35.3 Å². The molecule has 2 aromatic carbocycles. The largest absolute Gasteiger partial charge is 0.354 e. The van der Waals surface area contributed by atoms with Crippen LogP contribution >= 0.6 is 0 Å². The minimum atomic E-state index is -0.731. The van der Waals surface area contributed by atoms with E-state index in [1.54, 1.807) is 36.5 Å². The predicted molar refractivity (Wildman–Crippen MR) is 200 cm³/mol. The summed E-state index contributed by atoms with van der Waals surface area (Å²) in [5, 5.41) is 14.1. The number of nitrogens with one attached hydrogen (secondary N) is 3. The number of aryl methyl sites for hydroxylation is 1. The molecule has 13 heteroatoms. The van der Waals surface area contributed by atoms with E-state index in [0.717, 1.165) is 33.2 Å². The molecule has 6 rings (SSSR count). The van der Waals surface area contributed by atoms with E-state index in [1.165, 1.54) is 4.68 Å². The zero-order chi connectivity index (χ0) is 36.8. The van der Waals surface area contributed by atoms with Crippen LogP contribution in [0.5, 0.6) is 0 Å². The number of benzene rings is 2. The van der Waals surface area contributed by atoms with E-state index < -0.39 is 12.1 Å². The Labute approximate surface area is 301 Å². The smallest absolute Gasteiger partial charge is 0.322 e. The van der Waals surface area contributed by atoms with E-state index in [-0.39, 0.29) is 29.3 Å². The average molecular weight is 702 g/mol. The zero-order valence-electron chi connectivity index (χ0n) is 29.5.